The summed E-state index contributed by atoms with van der Waals surface area (Å²) in [6.45, 7) is 0. The van der Waals surface area contributed by atoms with Crippen molar-refractivity contribution in [1.82, 2.24) is 0 Å². The van der Waals surface area contributed by atoms with E-state index in [9.17, 15) is 14.7 Å². The Morgan fingerprint density at radius 1 is 0.935 bits per heavy atom. The van der Waals surface area contributed by atoms with Crippen LogP contribution in [-0.2, 0) is 4.79 Å². The molecular weight excluding hydrogens is 414 g/mol. The maximum Gasteiger partial charge on any atom is 0.294 e. The van der Waals surface area contributed by atoms with Gasteiger partial charge in [-0.3, -0.25) is 14.5 Å². The lowest BCUT2D eigenvalue weighted by atomic mass is 9.95. The van der Waals surface area contributed by atoms with Crippen LogP contribution in [-0.4, -0.2) is 16.8 Å². The maximum atomic E-state index is 13.5. The summed E-state index contributed by atoms with van der Waals surface area (Å²) in [5.74, 6) is -1.72. The number of furan rings is 1. The largest absolute Gasteiger partial charge is 0.503 e. The van der Waals surface area contributed by atoms with Crippen molar-refractivity contribution in [1.29, 1.82) is 0 Å². The number of anilines is 1. The topological polar surface area (TPSA) is 70.8 Å². The molecule has 0 saturated carbocycles. The Labute approximate surface area is 182 Å². The number of aliphatic hydroxyl groups is 1. The highest BCUT2D eigenvalue weighted by molar-refractivity contribution is 6.30. The molecule has 2 heterocycles. The van der Waals surface area contributed by atoms with Gasteiger partial charge in [-0.05, 0) is 42.0 Å². The van der Waals surface area contributed by atoms with E-state index in [0.717, 1.165) is 5.39 Å². The third-order valence-corrected chi connectivity index (χ3v) is 5.57. The van der Waals surface area contributed by atoms with E-state index in [-0.39, 0.29) is 11.3 Å². The standard InChI is InChI=1S/C25H16ClNO4/c26-17-12-10-15(11-13-17)22-21(23(28)20-14-16-6-4-5-9-19(16)31-20)24(29)25(30)27(22)18-7-2-1-3-8-18/h1-14,22,29H. The molecule has 1 atom stereocenters. The summed E-state index contributed by atoms with van der Waals surface area (Å²) in [6, 6.07) is 23.8. The first kappa shape index (κ1) is 19.2. The second-order valence-corrected chi connectivity index (χ2v) is 7.64. The molecule has 1 aromatic heterocycles. The molecule has 1 amide bonds. The molecule has 1 aliphatic rings. The van der Waals surface area contributed by atoms with Gasteiger partial charge in [-0.15, -0.1) is 0 Å². The van der Waals surface area contributed by atoms with Gasteiger partial charge >= 0.3 is 0 Å². The van der Waals surface area contributed by atoms with Crippen LogP contribution in [0.5, 0.6) is 0 Å². The summed E-state index contributed by atoms with van der Waals surface area (Å²) in [4.78, 5) is 28.0. The molecule has 0 bridgehead atoms. The number of Topliss-reactive ketones (excluding diaryl/α,β-unsaturated/α-hetero) is 1. The van der Waals surface area contributed by atoms with Crippen LogP contribution in [0.4, 0.5) is 5.69 Å². The number of fused-ring (bicyclic) bond motifs is 1. The fourth-order valence-electron chi connectivity index (χ4n) is 3.88. The summed E-state index contributed by atoms with van der Waals surface area (Å²) >= 11 is 6.05. The minimum absolute atomic E-state index is 0.0322. The maximum absolute atomic E-state index is 13.5. The number of amides is 1. The van der Waals surface area contributed by atoms with Gasteiger partial charge in [0.15, 0.2) is 11.5 Å². The van der Waals surface area contributed by atoms with Crippen molar-refractivity contribution in [3.63, 3.8) is 0 Å². The number of para-hydroxylation sites is 2. The zero-order chi connectivity index (χ0) is 21.5. The lowest BCUT2D eigenvalue weighted by Crippen LogP contribution is -2.30. The van der Waals surface area contributed by atoms with Crippen molar-refractivity contribution in [2.75, 3.05) is 4.90 Å². The van der Waals surface area contributed by atoms with Crippen molar-refractivity contribution in [2.45, 2.75) is 6.04 Å². The third kappa shape index (κ3) is 3.20. The van der Waals surface area contributed by atoms with Gasteiger partial charge in [0.05, 0.1) is 11.6 Å². The summed E-state index contributed by atoms with van der Waals surface area (Å²) in [5, 5.41) is 12.1. The van der Waals surface area contributed by atoms with Gasteiger partial charge in [-0.25, -0.2) is 0 Å². The fraction of sp³-hybridized carbons (Fsp3) is 0.0400. The predicted octanol–water partition coefficient (Wildman–Crippen LogP) is 5.87. The normalized spacial score (nSPS) is 16.4. The average Bonchev–Trinajstić information content (AvgIpc) is 3.34. The molecule has 152 valence electrons. The van der Waals surface area contributed by atoms with Crippen LogP contribution in [0.15, 0.2) is 101 Å². The number of aliphatic hydroxyl groups excluding tert-OH is 1. The van der Waals surface area contributed by atoms with Crippen LogP contribution in [0.2, 0.25) is 5.02 Å². The number of carbonyl (C=O) groups is 2. The summed E-state index contributed by atoms with van der Waals surface area (Å²) in [5.41, 5.74) is 1.73. The molecule has 0 radical (unpaired) electrons. The minimum atomic E-state index is -0.826. The van der Waals surface area contributed by atoms with Gasteiger partial charge in [0.1, 0.15) is 5.58 Å². The Morgan fingerprint density at radius 3 is 2.32 bits per heavy atom. The van der Waals surface area contributed by atoms with Crippen LogP contribution in [0.1, 0.15) is 22.2 Å². The Kier molecular flexibility index (Phi) is 4.60. The van der Waals surface area contributed by atoms with Crippen molar-refractivity contribution < 1.29 is 19.1 Å². The van der Waals surface area contributed by atoms with E-state index in [1.165, 1.54) is 4.90 Å². The predicted molar refractivity (Wildman–Crippen MR) is 118 cm³/mol. The van der Waals surface area contributed by atoms with Crippen LogP contribution in [0, 0.1) is 0 Å². The lowest BCUT2D eigenvalue weighted by molar-refractivity contribution is -0.117. The Balaban J connectivity index is 1.66. The monoisotopic (exact) mass is 429 g/mol. The van der Waals surface area contributed by atoms with Gasteiger partial charge in [0, 0.05) is 16.1 Å². The first-order valence-corrected chi connectivity index (χ1v) is 10.0. The van der Waals surface area contributed by atoms with E-state index < -0.39 is 23.5 Å². The van der Waals surface area contributed by atoms with Crippen molar-refractivity contribution >= 4 is 39.9 Å². The highest BCUT2D eigenvalue weighted by Gasteiger charge is 2.45. The second kappa shape index (κ2) is 7.45. The number of halogens is 1. The van der Waals surface area contributed by atoms with E-state index >= 15 is 0 Å². The first-order chi connectivity index (χ1) is 15.0. The second-order valence-electron chi connectivity index (χ2n) is 7.20. The lowest BCUT2D eigenvalue weighted by Gasteiger charge is -2.26. The minimum Gasteiger partial charge on any atom is -0.503 e. The zero-order valence-corrected chi connectivity index (χ0v) is 16.9. The number of carbonyl (C=O) groups excluding carboxylic acids is 2. The number of ketones is 1. The van der Waals surface area contributed by atoms with Crippen LogP contribution in [0.25, 0.3) is 11.0 Å². The Bertz CT molecular complexity index is 1310. The molecule has 6 heteroatoms. The molecule has 0 spiro atoms. The fourth-order valence-corrected chi connectivity index (χ4v) is 4.01. The molecule has 4 aromatic rings. The van der Waals surface area contributed by atoms with Gasteiger partial charge in [0.2, 0.25) is 5.78 Å². The molecule has 5 nitrogen and oxygen atoms in total. The van der Waals surface area contributed by atoms with E-state index in [1.807, 2.05) is 24.3 Å². The Morgan fingerprint density at radius 2 is 1.61 bits per heavy atom. The van der Waals surface area contributed by atoms with E-state index in [0.29, 0.717) is 21.9 Å². The van der Waals surface area contributed by atoms with Gasteiger partial charge < -0.3 is 9.52 Å². The highest BCUT2D eigenvalue weighted by atomic mass is 35.5. The molecule has 1 aliphatic heterocycles. The van der Waals surface area contributed by atoms with Crippen molar-refractivity contribution in [3.8, 4) is 0 Å². The van der Waals surface area contributed by atoms with Gasteiger partial charge in [0.25, 0.3) is 5.91 Å². The molecule has 1 unspecified atom stereocenters. The molecule has 0 saturated heterocycles. The van der Waals surface area contributed by atoms with Crippen LogP contribution < -0.4 is 4.90 Å². The van der Waals surface area contributed by atoms with E-state index in [2.05, 4.69) is 0 Å². The summed E-state index contributed by atoms with van der Waals surface area (Å²) in [6.07, 6.45) is 0. The summed E-state index contributed by atoms with van der Waals surface area (Å²) < 4.78 is 5.72. The molecule has 3 aromatic carbocycles. The van der Waals surface area contributed by atoms with Crippen LogP contribution in [0.3, 0.4) is 0 Å². The quantitative estimate of drug-likeness (QED) is 0.412. The van der Waals surface area contributed by atoms with Crippen LogP contribution >= 0.6 is 11.6 Å². The molecular formula is C25H16ClNO4. The smallest absolute Gasteiger partial charge is 0.294 e. The molecule has 5 rings (SSSR count). The number of hydrogen-bond acceptors (Lipinski definition) is 4. The van der Waals surface area contributed by atoms with Crippen molar-refractivity contribution in [3.05, 3.63) is 113 Å². The third-order valence-electron chi connectivity index (χ3n) is 5.32. The molecule has 31 heavy (non-hydrogen) atoms. The number of nitrogens with zero attached hydrogens (tertiary/aromatic N) is 1. The molecule has 1 N–H and O–H groups in total. The van der Waals surface area contributed by atoms with Crippen molar-refractivity contribution in [2.24, 2.45) is 0 Å². The summed E-state index contributed by atoms with van der Waals surface area (Å²) in [7, 11) is 0. The Hall–Kier alpha value is -3.83. The van der Waals surface area contributed by atoms with E-state index in [4.69, 9.17) is 16.0 Å². The molecule has 0 aliphatic carbocycles. The first-order valence-electron chi connectivity index (χ1n) is 9.65. The SMILES string of the molecule is O=C(C1=C(O)C(=O)N(c2ccccc2)C1c1ccc(Cl)cc1)c1cc2ccccc2o1. The molecule has 0 fully saturated rings. The average molecular weight is 430 g/mol. The van der Waals surface area contributed by atoms with Gasteiger partial charge in [-0.1, -0.05) is 60.1 Å². The number of hydrogen-bond donors (Lipinski definition) is 1. The van der Waals surface area contributed by atoms with Gasteiger partial charge in [-0.2, -0.15) is 0 Å². The number of benzene rings is 3. The zero-order valence-electron chi connectivity index (χ0n) is 16.2. The number of rotatable bonds is 4. The highest BCUT2D eigenvalue weighted by Crippen LogP contribution is 2.42. The van der Waals surface area contributed by atoms with E-state index in [1.54, 1.807) is 60.7 Å².